The molecule has 0 bridgehead atoms. The van der Waals surface area contributed by atoms with E-state index in [-0.39, 0.29) is 5.41 Å². The van der Waals surface area contributed by atoms with Gasteiger partial charge in [-0.2, -0.15) is 0 Å². The molecule has 0 heterocycles. The molecule has 12 rings (SSSR count). The third-order valence-corrected chi connectivity index (χ3v) is 13.9. The molecule has 2 aliphatic rings. The SMILES string of the molecule is CC1(C)c2ccccc2-c2c(N(c3ccc(-c4ccc(-c5ccccc5)cc4)cc3)c3ccc4c(c3)C(c3ccccc3)(c3ccccc3)c3ccccc3-4)cc3ccccc3c21. The van der Waals surface area contributed by atoms with Gasteiger partial charge >= 0.3 is 0 Å². The van der Waals surface area contributed by atoms with Gasteiger partial charge in [0.25, 0.3) is 0 Å². The Balaban J connectivity index is 1.11. The minimum Gasteiger partial charge on any atom is -0.310 e. The molecule has 0 radical (unpaired) electrons. The van der Waals surface area contributed by atoms with E-state index in [1.54, 1.807) is 0 Å². The first-order valence-electron chi connectivity index (χ1n) is 22.1. The fourth-order valence-corrected chi connectivity index (χ4v) is 11.1. The number of fused-ring (bicyclic) bond motifs is 8. The minimum atomic E-state index is -0.522. The van der Waals surface area contributed by atoms with E-state index >= 15 is 0 Å². The van der Waals surface area contributed by atoms with Crippen molar-refractivity contribution < 1.29 is 0 Å². The molecule has 63 heavy (non-hydrogen) atoms. The van der Waals surface area contributed by atoms with Gasteiger partial charge in [-0.1, -0.05) is 220 Å². The molecule has 298 valence electrons. The quantitative estimate of drug-likeness (QED) is 0.155. The predicted octanol–water partition coefficient (Wildman–Crippen LogP) is 16.3. The van der Waals surface area contributed by atoms with Crippen molar-refractivity contribution >= 4 is 27.8 Å². The van der Waals surface area contributed by atoms with Gasteiger partial charge in [0.2, 0.25) is 0 Å². The van der Waals surface area contributed by atoms with Crippen LogP contribution in [0.1, 0.15) is 47.2 Å². The molecule has 0 saturated heterocycles. The largest absolute Gasteiger partial charge is 0.310 e. The summed E-state index contributed by atoms with van der Waals surface area (Å²) in [6, 6.07) is 87.7. The number of nitrogens with zero attached hydrogens (tertiary/aromatic N) is 1. The van der Waals surface area contributed by atoms with E-state index in [1.165, 1.54) is 94.3 Å². The van der Waals surface area contributed by atoms with Crippen LogP contribution in [0, 0.1) is 0 Å². The maximum Gasteiger partial charge on any atom is 0.0714 e. The third-order valence-electron chi connectivity index (χ3n) is 13.9. The topological polar surface area (TPSA) is 3.24 Å². The van der Waals surface area contributed by atoms with Gasteiger partial charge in [0, 0.05) is 22.4 Å². The molecule has 0 amide bonds. The molecule has 0 spiro atoms. The van der Waals surface area contributed by atoms with Gasteiger partial charge < -0.3 is 4.90 Å². The van der Waals surface area contributed by atoms with Crippen molar-refractivity contribution in [1.82, 2.24) is 0 Å². The van der Waals surface area contributed by atoms with Gasteiger partial charge in [-0.25, -0.2) is 0 Å². The Morgan fingerprint density at radius 1 is 0.349 bits per heavy atom. The summed E-state index contributed by atoms with van der Waals surface area (Å²) in [5.74, 6) is 0. The molecule has 2 aliphatic carbocycles. The Morgan fingerprint density at radius 2 is 0.825 bits per heavy atom. The molecule has 0 aliphatic heterocycles. The average molecular weight is 804 g/mol. The van der Waals surface area contributed by atoms with Crippen molar-refractivity contribution in [2.45, 2.75) is 24.7 Å². The molecule has 0 unspecified atom stereocenters. The van der Waals surface area contributed by atoms with Crippen LogP contribution in [0.2, 0.25) is 0 Å². The summed E-state index contributed by atoms with van der Waals surface area (Å²) in [5.41, 5.74) is 20.5. The minimum absolute atomic E-state index is 0.196. The highest BCUT2D eigenvalue weighted by atomic mass is 15.1. The maximum atomic E-state index is 2.54. The van der Waals surface area contributed by atoms with Crippen LogP contribution in [0.25, 0.3) is 55.3 Å². The third kappa shape index (κ3) is 5.63. The number of benzene rings is 10. The monoisotopic (exact) mass is 803 g/mol. The summed E-state index contributed by atoms with van der Waals surface area (Å²) in [6.07, 6.45) is 0. The predicted molar refractivity (Wildman–Crippen MR) is 264 cm³/mol. The van der Waals surface area contributed by atoms with Crippen LogP contribution in [-0.4, -0.2) is 0 Å². The summed E-state index contributed by atoms with van der Waals surface area (Å²) < 4.78 is 0. The number of hydrogen-bond donors (Lipinski definition) is 0. The summed E-state index contributed by atoms with van der Waals surface area (Å²) in [5, 5.41) is 2.55. The van der Waals surface area contributed by atoms with Gasteiger partial charge in [0.05, 0.1) is 11.1 Å². The Morgan fingerprint density at radius 3 is 1.48 bits per heavy atom. The van der Waals surface area contributed by atoms with Crippen molar-refractivity contribution in [2.24, 2.45) is 0 Å². The van der Waals surface area contributed by atoms with E-state index in [4.69, 9.17) is 0 Å². The fraction of sp³-hybridized carbons (Fsp3) is 0.0645. The molecule has 10 aromatic carbocycles. The molecule has 0 atom stereocenters. The van der Waals surface area contributed by atoms with E-state index in [2.05, 4.69) is 255 Å². The lowest BCUT2D eigenvalue weighted by atomic mass is 9.67. The van der Waals surface area contributed by atoms with E-state index in [1.807, 2.05) is 0 Å². The summed E-state index contributed by atoms with van der Waals surface area (Å²) in [7, 11) is 0. The van der Waals surface area contributed by atoms with Crippen molar-refractivity contribution in [3.63, 3.8) is 0 Å². The van der Waals surface area contributed by atoms with Crippen molar-refractivity contribution in [2.75, 3.05) is 4.90 Å². The molecular weight excluding hydrogens is 759 g/mol. The number of rotatable bonds is 7. The number of hydrogen-bond acceptors (Lipinski definition) is 1. The van der Waals surface area contributed by atoms with Crippen LogP contribution in [0.4, 0.5) is 17.1 Å². The molecule has 0 saturated carbocycles. The molecular formula is C62H45N. The first-order chi connectivity index (χ1) is 31.0. The molecule has 1 heteroatoms. The van der Waals surface area contributed by atoms with Gasteiger partial charge in [-0.05, 0) is 113 Å². The highest BCUT2D eigenvalue weighted by molar-refractivity contribution is 6.06. The molecule has 10 aromatic rings. The van der Waals surface area contributed by atoms with Crippen LogP contribution in [-0.2, 0) is 10.8 Å². The van der Waals surface area contributed by atoms with E-state index in [0.29, 0.717) is 0 Å². The first kappa shape index (κ1) is 37.1. The first-order valence-corrected chi connectivity index (χ1v) is 22.1. The van der Waals surface area contributed by atoms with Crippen molar-refractivity contribution in [1.29, 1.82) is 0 Å². The summed E-state index contributed by atoms with van der Waals surface area (Å²) >= 11 is 0. The zero-order valence-corrected chi connectivity index (χ0v) is 35.5. The molecule has 0 fully saturated rings. The Bertz CT molecular complexity index is 3290. The number of anilines is 3. The second kappa shape index (κ2) is 14.4. The fourth-order valence-electron chi connectivity index (χ4n) is 11.1. The second-order valence-electron chi connectivity index (χ2n) is 17.6. The second-order valence-corrected chi connectivity index (χ2v) is 17.6. The smallest absolute Gasteiger partial charge is 0.0714 e. The summed E-state index contributed by atoms with van der Waals surface area (Å²) in [4.78, 5) is 2.54. The molecule has 0 aromatic heterocycles. The van der Waals surface area contributed by atoms with Gasteiger partial charge in [0.1, 0.15) is 0 Å². The molecule has 1 nitrogen and oxygen atoms in total. The standard InChI is InChI=1S/C62H45N/c1-61(2)55-28-16-15-27-54(55)59-58(40-46-20-12-13-25-51(46)60(59)61)63(49-36-34-45(35-37-49)44-32-30-43(31-33-44)42-18-6-3-7-19-42)50-38-39-53-52-26-14-17-29-56(52)62(57(53)41-50,47-21-8-4-9-22-47)48-23-10-5-11-24-48/h3-41H,1-2H3. The van der Waals surface area contributed by atoms with Gasteiger partial charge in [-0.3, -0.25) is 0 Å². The van der Waals surface area contributed by atoms with E-state index in [0.717, 1.165) is 11.4 Å². The van der Waals surface area contributed by atoms with Crippen LogP contribution >= 0.6 is 0 Å². The normalized spacial score (nSPS) is 13.8. The maximum absolute atomic E-state index is 2.54. The lowest BCUT2D eigenvalue weighted by Gasteiger charge is -2.35. The van der Waals surface area contributed by atoms with Crippen molar-refractivity contribution in [3.05, 3.63) is 270 Å². The van der Waals surface area contributed by atoms with E-state index in [9.17, 15) is 0 Å². The van der Waals surface area contributed by atoms with Crippen LogP contribution in [0.15, 0.2) is 237 Å². The van der Waals surface area contributed by atoms with Crippen molar-refractivity contribution in [3.8, 4) is 44.5 Å². The lowest BCUT2D eigenvalue weighted by molar-refractivity contribution is 0.666. The Labute approximate surface area is 370 Å². The van der Waals surface area contributed by atoms with Crippen LogP contribution < -0.4 is 4.90 Å². The highest BCUT2D eigenvalue weighted by Crippen LogP contribution is 2.60. The van der Waals surface area contributed by atoms with Crippen LogP contribution in [0.3, 0.4) is 0 Å². The Hall–Kier alpha value is -7.74. The Kier molecular flexibility index (Phi) is 8.49. The lowest BCUT2D eigenvalue weighted by Crippen LogP contribution is -2.28. The highest BCUT2D eigenvalue weighted by Gasteiger charge is 2.46. The zero-order chi connectivity index (χ0) is 42.1. The zero-order valence-electron chi connectivity index (χ0n) is 35.5. The summed E-state index contributed by atoms with van der Waals surface area (Å²) in [6.45, 7) is 4.80. The molecule has 0 N–H and O–H groups in total. The van der Waals surface area contributed by atoms with E-state index < -0.39 is 5.41 Å². The van der Waals surface area contributed by atoms with Gasteiger partial charge in [0.15, 0.2) is 0 Å². The van der Waals surface area contributed by atoms with Crippen LogP contribution in [0.5, 0.6) is 0 Å². The average Bonchev–Trinajstić information content (AvgIpc) is 3.78. The van der Waals surface area contributed by atoms with Gasteiger partial charge in [-0.15, -0.1) is 0 Å².